The minimum Gasteiger partial charge on any atom is -0.544 e. The van der Waals surface area contributed by atoms with Gasteiger partial charge in [0.15, 0.2) is 0 Å². The molecule has 0 rings (SSSR count). The summed E-state index contributed by atoms with van der Waals surface area (Å²) in [5, 5.41) is 9.89. The van der Waals surface area contributed by atoms with Crippen molar-refractivity contribution in [1.82, 2.24) is 0 Å². The minimum absolute atomic E-state index is 0.0694. The lowest BCUT2D eigenvalue weighted by Gasteiger charge is -2.23. The fraction of sp³-hybridized carbons (Fsp3) is 0.875. The maximum absolute atomic E-state index is 9.89. The molecule has 98 valence electrons. The van der Waals surface area contributed by atoms with E-state index in [1.54, 1.807) is 21.1 Å². The lowest BCUT2D eigenvalue weighted by molar-refractivity contribution is -0.864. The molecule has 3 N–H and O–H groups in total. The number of nitrogens with zero attached hydrogens (tertiary/aromatic N) is 1. The molecule has 0 aromatic carbocycles. The fourth-order valence-corrected chi connectivity index (χ4v) is 1.19. The van der Waals surface area contributed by atoms with Gasteiger partial charge in [-0.05, 0) is 6.42 Å². The van der Waals surface area contributed by atoms with Crippen LogP contribution >= 0.6 is 0 Å². The third kappa shape index (κ3) is 23.3. The first kappa shape index (κ1) is 17.7. The molecule has 0 aliphatic rings. The van der Waals surface area contributed by atoms with Crippen LogP contribution in [0.4, 0.5) is 0 Å². The van der Waals surface area contributed by atoms with Gasteiger partial charge in [-0.25, -0.2) is 9.27 Å². The third-order valence-corrected chi connectivity index (χ3v) is 1.88. The Kier molecular flexibility index (Phi) is 8.35. The van der Waals surface area contributed by atoms with E-state index in [9.17, 15) is 18.3 Å². The van der Waals surface area contributed by atoms with Crippen molar-refractivity contribution in [2.45, 2.75) is 13.3 Å². The first-order chi connectivity index (χ1) is 6.98. The highest BCUT2D eigenvalue weighted by molar-refractivity contribution is 7.78. The second-order valence-corrected chi connectivity index (χ2v) is 5.65. The van der Waals surface area contributed by atoms with E-state index in [-0.39, 0.29) is 6.54 Å². The Labute approximate surface area is 96.5 Å². The van der Waals surface area contributed by atoms with Crippen LogP contribution in [-0.2, 0) is 15.1 Å². The van der Waals surface area contributed by atoms with Crippen molar-refractivity contribution >= 4 is 16.3 Å². The van der Waals surface area contributed by atoms with Crippen LogP contribution in [-0.4, -0.2) is 57.7 Å². The zero-order valence-electron chi connectivity index (χ0n) is 10.1. The number of nitrogens with two attached hydrogens (primary N) is 1. The van der Waals surface area contributed by atoms with Crippen LogP contribution in [0.15, 0.2) is 0 Å². The molecule has 0 atom stereocenters. The van der Waals surface area contributed by atoms with Gasteiger partial charge in [-0.1, -0.05) is 6.92 Å². The van der Waals surface area contributed by atoms with Crippen molar-refractivity contribution < 1.29 is 32.1 Å². The molecule has 0 saturated carbocycles. The largest absolute Gasteiger partial charge is 0.544 e. The van der Waals surface area contributed by atoms with Gasteiger partial charge in [-0.15, -0.1) is 8.42 Å². The number of aliphatic carboxylic acids is 1. The van der Waals surface area contributed by atoms with Crippen molar-refractivity contribution in [2.75, 3.05) is 34.2 Å². The summed E-state index contributed by atoms with van der Waals surface area (Å²) < 4.78 is 29.2. The average Bonchev–Trinajstić information content (AvgIpc) is 1.95. The van der Waals surface area contributed by atoms with E-state index in [4.69, 9.17) is 4.55 Å². The molecule has 0 aliphatic carbocycles. The Bertz CT molecular complexity index is 294. The molecule has 0 aromatic heterocycles. The van der Waals surface area contributed by atoms with Crippen LogP contribution in [0.5, 0.6) is 0 Å². The van der Waals surface area contributed by atoms with E-state index in [0.29, 0.717) is 11.0 Å². The van der Waals surface area contributed by atoms with E-state index >= 15 is 0 Å². The number of likely N-dealkylation sites (N-methyl/N-ethyl adjacent to an activating group) is 1. The first-order valence-corrected chi connectivity index (χ1v) is 6.29. The molecule has 0 saturated heterocycles. The summed E-state index contributed by atoms with van der Waals surface area (Å²) in [5.41, 5.74) is 0. The number of carbonyl (C=O) groups excluding carboxylic acids is 1. The van der Waals surface area contributed by atoms with Crippen LogP contribution in [0.2, 0.25) is 0 Å². The quantitative estimate of drug-likeness (QED) is 0.408. The highest BCUT2D eigenvalue weighted by Gasteiger charge is 2.04. The lowest BCUT2D eigenvalue weighted by Crippen LogP contribution is -2.87. The van der Waals surface area contributed by atoms with Crippen LogP contribution in [0, 0.1) is 0 Å². The van der Waals surface area contributed by atoms with Crippen LogP contribution in [0.3, 0.4) is 0 Å². The molecular weight excluding hydrogens is 236 g/mol. The Morgan fingerprint density at radius 1 is 1.38 bits per heavy atom. The van der Waals surface area contributed by atoms with E-state index in [1.807, 2.05) is 6.92 Å². The van der Waals surface area contributed by atoms with Crippen molar-refractivity contribution in [2.24, 2.45) is 0 Å². The van der Waals surface area contributed by atoms with Gasteiger partial charge in [0.05, 0.1) is 33.7 Å². The molecule has 0 radical (unpaired) electrons. The number of carbonyl (C=O) groups is 1. The standard InChI is InChI=1S/C5H11NO2.C3H9NO3S/c1-6(2,3)4-5(7)8;1-2-3-4-8(5,6)7/h4H2,1-3H3;4H,2-3H2,1H3,(H,5,6,7)/p+1. The summed E-state index contributed by atoms with van der Waals surface area (Å²) in [6, 6.07) is 0. The van der Waals surface area contributed by atoms with Gasteiger partial charge in [-0.3, -0.25) is 0 Å². The molecular formula is C8H21N2O5S+. The average molecular weight is 257 g/mol. The predicted octanol–water partition coefficient (Wildman–Crippen LogP) is -2.79. The van der Waals surface area contributed by atoms with Gasteiger partial charge >= 0.3 is 10.3 Å². The molecule has 0 aliphatic heterocycles. The summed E-state index contributed by atoms with van der Waals surface area (Å²) >= 11 is 0. The second-order valence-electron chi connectivity index (χ2n) is 4.29. The SMILES string of the molecule is CCC[NH2+]S(=O)(=O)O.C[N+](C)(C)CC(=O)[O-]. The summed E-state index contributed by atoms with van der Waals surface area (Å²) in [4.78, 5) is 9.89. The highest BCUT2D eigenvalue weighted by atomic mass is 32.2. The van der Waals surface area contributed by atoms with E-state index in [1.165, 1.54) is 0 Å². The Morgan fingerprint density at radius 2 is 1.81 bits per heavy atom. The maximum Gasteiger partial charge on any atom is 0.429 e. The molecule has 16 heavy (non-hydrogen) atoms. The number of rotatable bonds is 5. The van der Waals surface area contributed by atoms with Crippen molar-refractivity contribution in [3.05, 3.63) is 0 Å². The molecule has 0 unspecified atom stereocenters. The Hall–Kier alpha value is -0.700. The summed E-state index contributed by atoms with van der Waals surface area (Å²) in [6.45, 7) is 2.32. The van der Waals surface area contributed by atoms with Crippen LogP contribution in [0.25, 0.3) is 0 Å². The van der Waals surface area contributed by atoms with Gasteiger partial charge < -0.3 is 14.4 Å². The lowest BCUT2D eigenvalue weighted by atomic mass is 10.5. The zero-order valence-corrected chi connectivity index (χ0v) is 11.0. The molecule has 7 nitrogen and oxygen atoms in total. The molecule has 8 heteroatoms. The van der Waals surface area contributed by atoms with Gasteiger partial charge in [0.1, 0.15) is 6.54 Å². The minimum atomic E-state index is -3.81. The monoisotopic (exact) mass is 257 g/mol. The number of carboxylic acids is 1. The van der Waals surface area contributed by atoms with E-state index in [2.05, 4.69) is 0 Å². The molecule has 0 amide bonds. The van der Waals surface area contributed by atoms with E-state index < -0.39 is 16.3 Å². The number of carboxylic acid groups (broad SMARTS) is 1. The van der Waals surface area contributed by atoms with Gasteiger partial charge in [-0.2, -0.15) is 0 Å². The van der Waals surface area contributed by atoms with Gasteiger partial charge in [0.2, 0.25) is 0 Å². The fourth-order valence-electron chi connectivity index (χ4n) is 0.654. The predicted molar refractivity (Wildman–Crippen MR) is 56.5 cm³/mol. The third-order valence-electron chi connectivity index (χ3n) is 1.22. The zero-order chi connectivity index (χ0) is 13.4. The van der Waals surface area contributed by atoms with Gasteiger partial charge in [0.25, 0.3) is 0 Å². The highest BCUT2D eigenvalue weighted by Crippen LogP contribution is 1.84. The molecule has 0 fully saturated rings. The normalized spacial score (nSPS) is 11.6. The molecule has 0 aromatic rings. The van der Waals surface area contributed by atoms with Crippen molar-refractivity contribution in [3.63, 3.8) is 0 Å². The molecule has 0 bridgehead atoms. The Balaban J connectivity index is 0. The van der Waals surface area contributed by atoms with Crippen molar-refractivity contribution in [1.29, 1.82) is 0 Å². The molecule has 0 spiro atoms. The molecule has 0 heterocycles. The summed E-state index contributed by atoms with van der Waals surface area (Å²) in [7, 11) is 1.59. The number of quaternary nitrogens is 2. The Morgan fingerprint density at radius 3 is 1.88 bits per heavy atom. The maximum atomic E-state index is 9.89. The van der Waals surface area contributed by atoms with Crippen LogP contribution in [0.1, 0.15) is 13.3 Å². The summed E-state index contributed by atoms with van der Waals surface area (Å²) in [5.74, 6) is -1.00. The topological polar surface area (TPSA) is 111 Å². The smallest absolute Gasteiger partial charge is 0.429 e. The van der Waals surface area contributed by atoms with Crippen LogP contribution < -0.4 is 9.83 Å². The van der Waals surface area contributed by atoms with E-state index in [0.717, 1.165) is 11.1 Å². The van der Waals surface area contributed by atoms with Crippen molar-refractivity contribution in [3.8, 4) is 0 Å². The number of hydrogen-bond donors (Lipinski definition) is 2. The summed E-state index contributed by atoms with van der Waals surface area (Å²) in [6.07, 6.45) is 0.736. The number of hydrogen-bond acceptors (Lipinski definition) is 4. The first-order valence-electron chi connectivity index (χ1n) is 4.79. The second kappa shape index (κ2) is 7.55. The van der Waals surface area contributed by atoms with Gasteiger partial charge in [0, 0.05) is 0 Å².